The molecular weight excluding hydrogens is 883 g/mol. The van der Waals surface area contributed by atoms with E-state index in [0.29, 0.717) is 6.04 Å². The number of anilines is 8. The Hall–Kier alpha value is -8.92. The fraction of sp³-hybridized carbons (Fsp3) is 0.0857. The first-order valence-corrected chi connectivity index (χ1v) is 25.8. The van der Waals surface area contributed by atoms with Crippen molar-refractivity contribution in [3.8, 4) is 22.3 Å². The van der Waals surface area contributed by atoms with Crippen LogP contribution in [0.2, 0.25) is 0 Å². The molecule has 1 fully saturated rings. The molecule has 0 aliphatic heterocycles. The van der Waals surface area contributed by atoms with Crippen LogP contribution < -0.4 is 14.7 Å². The van der Waals surface area contributed by atoms with Crippen LogP contribution in [0, 0.1) is 0 Å². The van der Waals surface area contributed by atoms with Crippen LogP contribution in [0.15, 0.2) is 267 Å². The van der Waals surface area contributed by atoms with E-state index in [-0.39, 0.29) is 0 Å². The van der Waals surface area contributed by atoms with Gasteiger partial charge in [0, 0.05) is 51.5 Å². The van der Waals surface area contributed by atoms with E-state index < -0.39 is 0 Å². The minimum absolute atomic E-state index is 0.458. The average molecular weight is 942 g/mol. The monoisotopic (exact) mass is 941 g/mol. The first-order valence-electron chi connectivity index (χ1n) is 25.8. The zero-order valence-electron chi connectivity index (χ0n) is 41.2. The van der Waals surface area contributed by atoms with Gasteiger partial charge in [-0.25, -0.2) is 0 Å². The molecule has 1 aliphatic carbocycles. The van der Waals surface area contributed by atoms with Gasteiger partial charge in [-0.1, -0.05) is 213 Å². The van der Waals surface area contributed by atoms with Gasteiger partial charge in [0.05, 0.1) is 0 Å². The lowest BCUT2D eigenvalue weighted by Gasteiger charge is -2.36. The summed E-state index contributed by atoms with van der Waals surface area (Å²) in [5.41, 5.74) is 18.7. The van der Waals surface area contributed by atoms with E-state index in [9.17, 15) is 0 Å². The lowest BCUT2D eigenvalue weighted by atomic mass is 9.93. The van der Waals surface area contributed by atoms with E-state index >= 15 is 0 Å². The third kappa shape index (κ3) is 11.2. The largest absolute Gasteiger partial charge is 0.338 e. The average Bonchev–Trinajstić information content (AvgIpc) is 3.47. The molecule has 1 saturated carbocycles. The molecule has 11 rings (SSSR count). The van der Waals surface area contributed by atoms with Gasteiger partial charge in [0.15, 0.2) is 0 Å². The van der Waals surface area contributed by atoms with E-state index in [0.717, 1.165) is 45.3 Å². The van der Waals surface area contributed by atoms with E-state index in [1.165, 1.54) is 76.9 Å². The highest BCUT2D eigenvalue weighted by atomic mass is 15.2. The molecule has 0 amide bonds. The summed E-state index contributed by atoms with van der Waals surface area (Å²) in [5.74, 6) is 0. The van der Waals surface area contributed by atoms with Gasteiger partial charge < -0.3 is 14.7 Å². The molecule has 10 aromatic carbocycles. The maximum Gasteiger partial charge on any atom is 0.0462 e. The number of hydrogen-bond donors (Lipinski definition) is 0. The number of hydrogen-bond acceptors (Lipinski definition) is 3. The van der Waals surface area contributed by atoms with Gasteiger partial charge in [0.25, 0.3) is 0 Å². The molecule has 73 heavy (non-hydrogen) atoms. The molecule has 0 bridgehead atoms. The maximum absolute atomic E-state index is 2.60. The van der Waals surface area contributed by atoms with Crippen LogP contribution in [0.1, 0.15) is 54.4 Å². The van der Waals surface area contributed by atoms with E-state index in [4.69, 9.17) is 0 Å². The molecule has 0 saturated heterocycles. The third-order valence-electron chi connectivity index (χ3n) is 14.0. The summed E-state index contributed by atoms with van der Waals surface area (Å²) in [4.78, 5) is 7.25. The molecule has 0 radical (unpaired) electrons. The summed E-state index contributed by atoms with van der Waals surface area (Å²) in [6.45, 7) is 0. The Balaban J connectivity index is 0.808. The summed E-state index contributed by atoms with van der Waals surface area (Å²) in [7, 11) is 0. The van der Waals surface area contributed by atoms with Crippen LogP contribution in [0.25, 0.3) is 46.6 Å². The van der Waals surface area contributed by atoms with Crippen molar-refractivity contribution in [2.45, 2.75) is 38.1 Å². The summed E-state index contributed by atoms with van der Waals surface area (Å²) in [6.07, 6.45) is 14.9. The molecular formula is C70H59N3. The molecule has 0 heterocycles. The molecule has 0 N–H and O–H groups in total. The fourth-order valence-corrected chi connectivity index (χ4v) is 10.2. The Morgan fingerprint density at radius 2 is 0.479 bits per heavy atom. The lowest BCUT2D eigenvalue weighted by molar-refractivity contribution is 0.436. The Morgan fingerprint density at radius 1 is 0.233 bits per heavy atom. The van der Waals surface area contributed by atoms with Crippen LogP contribution >= 0.6 is 0 Å². The van der Waals surface area contributed by atoms with Crippen LogP contribution in [-0.2, 0) is 0 Å². The zero-order chi connectivity index (χ0) is 49.0. The van der Waals surface area contributed by atoms with Crippen molar-refractivity contribution < 1.29 is 0 Å². The highest BCUT2D eigenvalue weighted by Gasteiger charge is 2.24. The topological polar surface area (TPSA) is 9.72 Å². The second-order valence-corrected chi connectivity index (χ2v) is 18.9. The minimum atomic E-state index is 0.458. The van der Waals surface area contributed by atoms with Crippen molar-refractivity contribution in [2.75, 3.05) is 14.7 Å². The van der Waals surface area contributed by atoms with Crippen molar-refractivity contribution in [2.24, 2.45) is 0 Å². The fourth-order valence-electron chi connectivity index (χ4n) is 10.2. The SMILES string of the molecule is C(=Cc1ccc(N(c2ccccc2)c2ccc(-c3ccc(N(c4ccc(-c5ccc(N(c6ccccc6)c6ccc(/C=C\c7ccccc7)cc6)cc5)cc4)C4CCCCC4)cc3)cc2)cc1)c1ccccc1. The first kappa shape index (κ1) is 46.5. The molecule has 354 valence electrons. The summed E-state index contributed by atoms with van der Waals surface area (Å²) in [5, 5.41) is 0. The smallest absolute Gasteiger partial charge is 0.0462 e. The normalized spacial score (nSPS) is 12.8. The van der Waals surface area contributed by atoms with Crippen LogP contribution in [-0.4, -0.2) is 6.04 Å². The minimum Gasteiger partial charge on any atom is -0.338 e. The quantitative estimate of drug-likeness (QED) is 0.0949. The summed E-state index contributed by atoms with van der Waals surface area (Å²) < 4.78 is 0. The van der Waals surface area contributed by atoms with Crippen molar-refractivity contribution in [3.05, 3.63) is 289 Å². The summed E-state index contributed by atoms with van der Waals surface area (Å²) in [6, 6.07) is 96.6. The number of nitrogens with zero attached hydrogens (tertiary/aromatic N) is 3. The van der Waals surface area contributed by atoms with Crippen molar-refractivity contribution in [3.63, 3.8) is 0 Å². The van der Waals surface area contributed by atoms with Crippen LogP contribution in [0.3, 0.4) is 0 Å². The molecule has 0 atom stereocenters. The lowest BCUT2D eigenvalue weighted by Crippen LogP contribution is -2.32. The van der Waals surface area contributed by atoms with Gasteiger partial charge in [-0.15, -0.1) is 0 Å². The number of benzene rings is 10. The molecule has 3 heteroatoms. The van der Waals surface area contributed by atoms with Crippen LogP contribution in [0.5, 0.6) is 0 Å². The van der Waals surface area contributed by atoms with E-state index in [1.54, 1.807) is 0 Å². The zero-order valence-corrected chi connectivity index (χ0v) is 41.2. The highest BCUT2D eigenvalue weighted by Crippen LogP contribution is 2.40. The van der Waals surface area contributed by atoms with E-state index in [2.05, 4.69) is 294 Å². The van der Waals surface area contributed by atoms with Gasteiger partial charge in [-0.2, -0.15) is 0 Å². The second-order valence-electron chi connectivity index (χ2n) is 18.9. The van der Waals surface area contributed by atoms with Gasteiger partial charge in [-0.3, -0.25) is 0 Å². The standard InChI is InChI=1S/C70H59N3/c1-6-16-54(17-7-1)26-28-56-30-42-65(43-31-56)71(62-20-10-3-11-21-62)67-46-34-58(35-47-67)60-38-50-69(51-39-60)73(64-24-14-5-15-25-64)70-52-40-61(41-53-70)59-36-48-68(49-37-59)72(63-22-12-4-13-23-63)66-44-32-57(33-45-66)29-27-55-18-8-2-9-19-55/h1-4,6-13,16-23,26-53,64H,5,14-15,24-25H2/b28-26-,29-27?. The summed E-state index contributed by atoms with van der Waals surface area (Å²) >= 11 is 0. The van der Waals surface area contributed by atoms with Gasteiger partial charge in [0.1, 0.15) is 0 Å². The number of rotatable bonds is 15. The molecule has 0 unspecified atom stereocenters. The Labute approximate surface area is 431 Å². The van der Waals surface area contributed by atoms with Gasteiger partial charge in [-0.05, 0) is 154 Å². The van der Waals surface area contributed by atoms with Gasteiger partial charge >= 0.3 is 0 Å². The van der Waals surface area contributed by atoms with Crippen molar-refractivity contribution in [1.29, 1.82) is 0 Å². The second kappa shape index (κ2) is 22.4. The third-order valence-corrected chi connectivity index (χ3v) is 14.0. The molecule has 10 aromatic rings. The van der Waals surface area contributed by atoms with Crippen molar-refractivity contribution in [1.82, 2.24) is 0 Å². The Bertz CT molecular complexity index is 3120. The number of para-hydroxylation sites is 2. The maximum atomic E-state index is 2.60. The molecule has 0 aromatic heterocycles. The molecule has 1 aliphatic rings. The Kier molecular flexibility index (Phi) is 14.3. The first-order chi connectivity index (χ1) is 36.2. The van der Waals surface area contributed by atoms with Crippen LogP contribution in [0.4, 0.5) is 45.5 Å². The predicted molar refractivity (Wildman–Crippen MR) is 313 cm³/mol. The molecule has 0 spiro atoms. The molecule has 3 nitrogen and oxygen atoms in total. The van der Waals surface area contributed by atoms with Crippen molar-refractivity contribution >= 4 is 69.8 Å². The highest BCUT2D eigenvalue weighted by molar-refractivity contribution is 5.82. The predicted octanol–water partition coefficient (Wildman–Crippen LogP) is 19.8. The Morgan fingerprint density at radius 3 is 0.795 bits per heavy atom. The van der Waals surface area contributed by atoms with E-state index in [1.807, 2.05) is 12.1 Å². The van der Waals surface area contributed by atoms with Gasteiger partial charge in [0.2, 0.25) is 0 Å².